The van der Waals surface area contributed by atoms with E-state index in [-0.39, 0.29) is 16.1 Å². The van der Waals surface area contributed by atoms with Gasteiger partial charge in [-0.15, -0.1) is 0 Å². The molecule has 26 heavy (non-hydrogen) atoms. The van der Waals surface area contributed by atoms with Gasteiger partial charge in [0.1, 0.15) is 0 Å². The van der Waals surface area contributed by atoms with Crippen LogP contribution in [-0.2, 0) is 10.0 Å². The van der Waals surface area contributed by atoms with Gasteiger partial charge in [-0.25, -0.2) is 17.9 Å². The van der Waals surface area contributed by atoms with Crippen molar-refractivity contribution in [3.05, 3.63) is 71.6 Å². The molecule has 0 amide bonds. The monoisotopic (exact) mass is 371 g/mol. The van der Waals surface area contributed by atoms with Crippen molar-refractivity contribution in [3.8, 4) is 5.75 Å². The van der Waals surface area contributed by atoms with Crippen LogP contribution in [0.2, 0.25) is 0 Å². The molecule has 2 aromatic rings. The quantitative estimate of drug-likeness (QED) is 0.890. The Hall–Kier alpha value is -2.44. The normalized spacial score (nSPS) is 17.8. The number of hydrogen-bond donors (Lipinski definition) is 1. The summed E-state index contributed by atoms with van der Waals surface area (Å²) in [4.78, 5) is 0.0713. The van der Waals surface area contributed by atoms with Gasteiger partial charge in [0.25, 0.3) is 0 Å². The smallest absolute Gasteiger partial charge is 0.238 e. The summed E-state index contributed by atoms with van der Waals surface area (Å²) >= 11 is 0. The third-order valence-electron chi connectivity index (χ3n) is 4.94. The van der Waals surface area contributed by atoms with E-state index in [4.69, 9.17) is 9.88 Å². The predicted octanol–water partition coefficient (Wildman–Crippen LogP) is 3.74. The van der Waals surface area contributed by atoms with Gasteiger partial charge in [0.05, 0.1) is 12.0 Å². The van der Waals surface area contributed by atoms with E-state index < -0.39 is 15.8 Å². The molecule has 4 rings (SSSR count). The topological polar surface area (TPSA) is 69.4 Å². The molecule has 0 saturated heterocycles. The summed E-state index contributed by atoms with van der Waals surface area (Å²) in [6, 6.07) is 11.4. The van der Waals surface area contributed by atoms with E-state index in [1.807, 2.05) is 6.07 Å². The van der Waals surface area contributed by atoms with E-state index in [2.05, 4.69) is 12.2 Å². The van der Waals surface area contributed by atoms with Crippen LogP contribution in [0.3, 0.4) is 0 Å². The first-order chi connectivity index (χ1) is 12.3. The minimum absolute atomic E-state index is 0.0414. The van der Waals surface area contributed by atoms with Crippen LogP contribution in [0.1, 0.15) is 24.0 Å². The van der Waals surface area contributed by atoms with Crippen LogP contribution in [0, 0.1) is 11.2 Å². The van der Waals surface area contributed by atoms with Crippen LogP contribution in [0.5, 0.6) is 5.75 Å². The van der Waals surface area contributed by atoms with Crippen molar-refractivity contribution in [2.45, 2.75) is 17.7 Å². The van der Waals surface area contributed by atoms with Gasteiger partial charge in [0.2, 0.25) is 10.0 Å². The van der Waals surface area contributed by atoms with Gasteiger partial charge in [-0.05, 0) is 59.4 Å². The first-order valence-corrected chi connectivity index (χ1v) is 9.79. The molecule has 4 nitrogen and oxygen atoms in total. The lowest BCUT2D eigenvalue weighted by Gasteiger charge is -2.11. The molecular weight excluding hydrogens is 353 g/mol. The zero-order valence-corrected chi connectivity index (χ0v) is 15.0. The Kier molecular flexibility index (Phi) is 3.78. The van der Waals surface area contributed by atoms with Crippen molar-refractivity contribution < 1.29 is 17.5 Å². The number of allylic oxidation sites excluding steroid dienone is 4. The lowest BCUT2D eigenvalue weighted by atomic mass is 9.95. The van der Waals surface area contributed by atoms with Crippen LogP contribution in [0.25, 0.3) is 11.1 Å². The van der Waals surface area contributed by atoms with Gasteiger partial charge in [-0.1, -0.05) is 30.4 Å². The molecule has 1 fully saturated rings. The number of primary sulfonamides is 1. The molecule has 1 spiro atoms. The number of nitrogens with two attached hydrogens (primary N) is 1. The van der Waals surface area contributed by atoms with E-state index in [1.165, 1.54) is 25.3 Å². The standard InChI is InChI=1S/C20H18FNO3S/c1-25-19-7-4-14(10-18(19)21)17-12-20(8-9-20)11-16(17)13-2-5-15(6-3-13)26(22,23)24/h2-7,10-12H,8-9H2,1H3,(H2,22,23,24). The molecule has 6 heteroatoms. The van der Waals surface area contributed by atoms with Gasteiger partial charge in [0, 0.05) is 5.41 Å². The second-order valence-corrected chi connectivity index (χ2v) is 8.33. The van der Waals surface area contributed by atoms with Crippen LogP contribution in [0.15, 0.2) is 59.5 Å². The summed E-state index contributed by atoms with van der Waals surface area (Å²) in [5, 5.41) is 5.17. The van der Waals surface area contributed by atoms with Crippen molar-refractivity contribution in [2.24, 2.45) is 10.6 Å². The lowest BCUT2D eigenvalue weighted by molar-refractivity contribution is 0.386. The molecule has 0 bridgehead atoms. The number of halogens is 1. The Morgan fingerprint density at radius 2 is 1.58 bits per heavy atom. The van der Waals surface area contributed by atoms with Gasteiger partial charge >= 0.3 is 0 Å². The number of ether oxygens (including phenoxy) is 1. The van der Waals surface area contributed by atoms with E-state index in [9.17, 15) is 12.8 Å². The molecular formula is C20H18FNO3S. The average Bonchev–Trinajstić information content (AvgIpc) is 3.25. The summed E-state index contributed by atoms with van der Waals surface area (Å²) in [7, 11) is -2.30. The fourth-order valence-electron chi connectivity index (χ4n) is 3.34. The zero-order valence-electron chi connectivity index (χ0n) is 14.2. The first kappa shape index (κ1) is 17.0. The van der Waals surface area contributed by atoms with Crippen LogP contribution >= 0.6 is 0 Å². The number of rotatable bonds is 4. The lowest BCUT2D eigenvalue weighted by Crippen LogP contribution is -2.11. The number of methoxy groups -OCH3 is 1. The van der Waals surface area contributed by atoms with Crippen molar-refractivity contribution in [1.29, 1.82) is 0 Å². The third kappa shape index (κ3) is 2.95. The van der Waals surface area contributed by atoms with E-state index >= 15 is 0 Å². The molecule has 2 aliphatic carbocycles. The van der Waals surface area contributed by atoms with E-state index in [1.54, 1.807) is 18.2 Å². The minimum atomic E-state index is -3.73. The number of sulfonamides is 1. The maximum absolute atomic E-state index is 14.2. The highest BCUT2D eigenvalue weighted by Gasteiger charge is 2.43. The fourth-order valence-corrected chi connectivity index (χ4v) is 3.86. The SMILES string of the molecule is COc1ccc(C2=CC3(C=C2c2ccc(S(N)(=O)=O)cc2)CC3)cc1F. The summed E-state index contributed by atoms with van der Waals surface area (Å²) < 4.78 is 42.1. The van der Waals surface area contributed by atoms with Crippen molar-refractivity contribution in [3.63, 3.8) is 0 Å². The first-order valence-electron chi connectivity index (χ1n) is 8.25. The Morgan fingerprint density at radius 3 is 2.08 bits per heavy atom. The van der Waals surface area contributed by atoms with Gasteiger partial charge < -0.3 is 4.74 Å². The van der Waals surface area contributed by atoms with Gasteiger partial charge in [-0.2, -0.15) is 0 Å². The average molecular weight is 371 g/mol. The molecule has 1 saturated carbocycles. The Morgan fingerprint density at radius 1 is 1.00 bits per heavy atom. The molecule has 0 unspecified atom stereocenters. The fraction of sp³-hybridized carbons (Fsp3) is 0.200. The Labute approximate surface area is 151 Å². The second kappa shape index (κ2) is 5.79. The summed E-state index contributed by atoms with van der Waals surface area (Å²) in [5.74, 6) is -0.205. The molecule has 0 aromatic heterocycles. The van der Waals surface area contributed by atoms with Crippen molar-refractivity contribution >= 4 is 21.2 Å². The Balaban J connectivity index is 1.76. The van der Waals surface area contributed by atoms with Gasteiger partial charge in [-0.3, -0.25) is 0 Å². The maximum atomic E-state index is 14.2. The third-order valence-corrected chi connectivity index (χ3v) is 5.87. The summed E-state index contributed by atoms with van der Waals surface area (Å²) in [5.41, 5.74) is 3.62. The van der Waals surface area contributed by atoms with Gasteiger partial charge in [0.15, 0.2) is 11.6 Å². The highest BCUT2D eigenvalue weighted by Crippen LogP contribution is 2.57. The minimum Gasteiger partial charge on any atom is -0.494 e. The molecule has 134 valence electrons. The molecule has 2 aliphatic rings. The van der Waals surface area contributed by atoms with Crippen molar-refractivity contribution in [2.75, 3.05) is 7.11 Å². The maximum Gasteiger partial charge on any atom is 0.238 e. The van der Waals surface area contributed by atoms with Crippen LogP contribution in [-0.4, -0.2) is 15.5 Å². The molecule has 0 atom stereocenters. The van der Waals surface area contributed by atoms with Crippen molar-refractivity contribution in [1.82, 2.24) is 0 Å². The molecule has 0 aliphatic heterocycles. The van der Waals surface area contributed by atoms with Crippen LogP contribution in [0.4, 0.5) is 4.39 Å². The summed E-state index contributed by atoms with van der Waals surface area (Å²) in [6.07, 6.45) is 6.50. The summed E-state index contributed by atoms with van der Waals surface area (Å²) in [6.45, 7) is 0. The molecule has 2 N–H and O–H groups in total. The predicted molar refractivity (Wildman–Crippen MR) is 98.4 cm³/mol. The highest BCUT2D eigenvalue weighted by molar-refractivity contribution is 7.89. The largest absolute Gasteiger partial charge is 0.494 e. The molecule has 2 aromatic carbocycles. The van der Waals surface area contributed by atoms with Crippen LogP contribution < -0.4 is 9.88 Å². The second-order valence-electron chi connectivity index (χ2n) is 6.77. The number of benzene rings is 2. The highest BCUT2D eigenvalue weighted by atomic mass is 32.2. The Bertz CT molecular complexity index is 1050. The molecule has 0 radical (unpaired) electrons. The van der Waals surface area contributed by atoms with E-state index in [0.717, 1.165) is 35.1 Å². The number of hydrogen-bond acceptors (Lipinski definition) is 3. The zero-order chi connectivity index (χ0) is 18.5. The molecule has 0 heterocycles. The van der Waals surface area contributed by atoms with E-state index in [0.29, 0.717) is 0 Å².